The van der Waals surface area contributed by atoms with Gasteiger partial charge in [-0.15, -0.1) is 11.3 Å². The minimum absolute atomic E-state index is 0.00000283. The van der Waals surface area contributed by atoms with Crippen LogP contribution in [0.1, 0.15) is 26.6 Å². The van der Waals surface area contributed by atoms with Gasteiger partial charge in [-0.05, 0) is 31.5 Å². The van der Waals surface area contributed by atoms with Crippen LogP contribution in [-0.2, 0) is 6.54 Å². The maximum Gasteiger partial charge on any atom is 0.256 e. The number of nitrogens with zero attached hydrogens (tertiary/aromatic N) is 2. The highest BCUT2D eigenvalue weighted by atomic mass is 32.1. The zero-order valence-electron chi connectivity index (χ0n) is 12.2. The first-order chi connectivity index (χ1) is 9.51. The van der Waals surface area contributed by atoms with Gasteiger partial charge in [-0.1, -0.05) is 6.07 Å². The summed E-state index contributed by atoms with van der Waals surface area (Å²) in [4.78, 5) is 18.6. The van der Waals surface area contributed by atoms with Gasteiger partial charge in [-0.25, -0.2) is 4.98 Å². The fraction of sp³-hybridized carbons (Fsp3) is 0.333. The lowest BCUT2D eigenvalue weighted by atomic mass is 10.1. The van der Waals surface area contributed by atoms with E-state index in [1.165, 1.54) is 0 Å². The SMILES string of the molecule is CNc1cc(C)ccc1C(=O)N(C)Cc1csc(C)n1. The molecule has 20 heavy (non-hydrogen) atoms. The number of nitrogens with one attached hydrogen (secondary N) is 1. The summed E-state index contributed by atoms with van der Waals surface area (Å²) in [6.45, 7) is 4.51. The average Bonchev–Trinajstić information content (AvgIpc) is 2.83. The number of carbonyl (C=O) groups is 1. The third kappa shape index (κ3) is 3.17. The molecule has 2 rings (SSSR count). The van der Waals surface area contributed by atoms with E-state index < -0.39 is 0 Å². The monoisotopic (exact) mass is 289 g/mol. The molecule has 4 nitrogen and oxygen atoms in total. The van der Waals surface area contributed by atoms with Crippen LogP contribution in [0, 0.1) is 13.8 Å². The summed E-state index contributed by atoms with van der Waals surface area (Å²) in [5.41, 5.74) is 3.61. The zero-order valence-corrected chi connectivity index (χ0v) is 13.0. The van der Waals surface area contributed by atoms with Gasteiger partial charge in [0.05, 0.1) is 22.8 Å². The molecular weight excluding hydrogens is 270 g/mol. The third-order valence-corrected chi connectivity index (χ3v) is 3.91. The smallest absolute Gasteiger partial charge is 0.256 e. The van der Waals surface area contributed by atoms with Gasteiger partial charge >= 0.3 is 0 Å². The molecule has 0 unspecified atom stereocenters. The average molecular weight is 289 g/mol. The standard InChI is InChI=1S/C15H19N3OS/c1-10-5-6-13(14(7-10)16-3)15(19)18(4)8-12-9-20-11(2)17-12/h5-7,9,16H,8H2,1-4H3. The summed E-state index contributed by atoms with van der Waals surface area (Å²) in [7, 11) is 3.63. The van der Waals surface area contributed by atoms with Crippen LogP contribution in [0.3, 0.4) is 0 Å². The Morgan fingerprint density at radius 2 is 2.15 bits per heavy atom. The van der Waals surface area contributed by atoms with Gasteiger partial charge in [0, 0.05) is 25.2 Å². The number of amides is 1. The Morgan fingerprint density at radius 3 is 2.75 bits per heavy atom. The number of thiazole rings is 1. The van der Waals surface area contributed by atoms with Crippen LogP contribution in [-0.4, -0.2) is 29.9 Å². The number of hydrogen-bond acceptors (Lipinski definition) is 4. The van der Waals surface area contributed by atoms with Crippen molar-refractivity contribution in [1.82, 2.24) is 9.88 Å². The van der Waals surface area contributed by atoms with Gasteiger partial charge in [0.15, 0.2) is 0 Å². The molecule has 0 atom stereocenters. The van der Waals surface area contributed by atoms with Crippen molar-refractivity contribution in [2.45, 2.75) is 20.4 Å². The lowest BCUT2D eigenvalue weighted by Crippen LogP contribution is -2.27. The predicted molar refractivity (Wildman–Crippen MR) is 83.4 cm³/mol. The fourth-order valence-electron chi connectivity index (χ4n) is 2.05. The lowest BCUT2D eigenvalue weighted by molar-refractivity contribution is 0.0784. The van der Waals surface area contributed by atoms with E-state index in [0.717, 1.165) is 22.0 Å². The first kappa shape index (κ1) is 14.5. The number of rotatable bonds is 4. The number of carbonyl (C=O) groups excluding carboxylic acids is 1. The second-order valence-corrected chi connectivity index (χ2v) is 5.88. The molecule has 1 aromatic heterocycles. The number of aromatic nitrogens is 1. The summed E-state index contributed by atoms with van der Waals surface area (Å²) in [5.74, 6) is 0.00000283. The van der Waals surface area contributed by atoms with Crippen molar-refractivity contribution in [2.24, 2.45) is 0 Å². The quantitative estimate of drug-likeness (QED) is 0.941. The molecule has 1 N–H and O–H groups in total. The highest BCUT2D eigenvalue weighted by Gasteiger charge is 2.16. The molecule has 0 saturated carbocycles. The molecule has 0 aliphatic carbocycles. The van der Waals surface area contributed by atoms with Gasteiger partial charge < -0.3 is 10.2 Å². The third-order valence-electron chi connectivity index (χ3n) is 3.09. The van der Waals surface area contributed by atoms with E-state index in [1.54, 1.807) is 23.3 Å². The summed E-state index contributed by atoms with van der Waals surface area (Å²) in [5, 5.41) is 6.09. The van der Waals surface area contributed by atoms with Gasteiger partial charge in [0.1, 0.15) is 0 Å². The minimum atomic E-state index is 0.00000283. The maximum atomic E-state index is 12.5. The van der Waals surface area contributed by atoms with Crippen LogP contribution >= 0.6 is 11.3 Å². The van der Waals surface area contributed by atoms with E-state index in [4.69, 9.17) is 0 Å². The predicted octanol–water partition coefficient (Wildman–Crippen LogP) is 3.07. The first-order valence-corrected chi connectivity index (χ1v) is 7.34. The topological polar surface area (TPSA) is 45.2 Å². The normalized spacial score (nSPS) is 10.4. The Labute approximate surface area is 123 Å². The van der Waals surface area contributed by atoms with Crippen molar-refractivity contribution in [3.8, 4) is 0 Å². The molecule has 106 valence electrons. The Hall–Kier alpha value is -1.88. The summed E-state index contributed by atoms with van der Waals surface area (Å²) >= 11 is 1.60. The van der Waals surface area contributed by atoms with Gasteiger partial charge in [0.2, 0.25) is 0 Å². The second-order valence-electron chi connectivity index (χ2n) is 4.82. The Morgan fingerprint density at radius 1 is 1.40 bits per heavy atom. The summed E-state index contributed by atoms with van der Waals surface area (Å²) in [6, 6.07) is 5.80. The minimum Gasteiger partial charge on any atom is -0.387 e. The van der Waals surface area contributed by atoms with Gasteiger partial charge in [-0.3, -0.25) is 4.79 Å². The molecule has 0 bridgehead atoms. The molecule has 0 saturated heterocycles. The summed E-state index contributed by atoms with van der Waals surface area (Å²) < 4.78 is 0. The van der Waals surface area contributed by atoms with Gasteiger partial charge in [-0.2, -0.15) is 0 Å². The molecule has 1 aromatic carbocycles. The van der Waals surface area contributed by atoms with Crippen LogP contribution in [0.25, 0.3) is 0 Å². The van der Waals surface area contributed by atoms with Crippen LogP contribution in [0.4, 0.5) is 5.69 Å². The van der Waals surface area contributed by atoms with E-state index in [-0.39, 0.29) is 5.91 Å². The molecule has 0 spiro atoms. The number of hydrogen-bond donors (Lipinski definition) is 1. The zero-order chi connectivity index (χ0) is 14.7. The van der Waals surface area contributed by atoms with Crippen molar-refractivity contribution in [2.75, 3.05) is 19.4 Å². The van der Waals surface area contributed by atoms with E-state index >= 15 is 0 Å². The Bertz CT molecular complexity index is 621. The fourth-order valence-corrected chi connectivity index (χ4v) is 2.66. The van der Waals surface area contributed by atoms with E-state index in [0.29, 0.717) is 12.1 Å². The summed E-state index contributed by atoms with van der Waals surface area (Å²) in [6.07, 6.45) is 0. The van der Waals surface area contributed by atoms with Crippen molar-refractivity contribution >= 4 is 22.9 Å². The molecular formula is C15H19N3OS. The maximum absolute atomic E-state index is 12.5. The molecule has 5 heteroatoms. The molecule has 2 aromatic rings. The number of aryl methyl sites for hydroxylation is 2. The van der Waals surface area contributed by atoms with E-state index in [9.17, 15) is 4.79 Å². The highest BCUT2D eigenvalue weighted by Crippen LogP contribution is 2.19. The molecule has 0 aliphatic heterocycles. The molecule has 0 aliphatic rings. The molecule has 0 radical (unpaired) electrons. The van der Waals surface area contributed by atoms with Crippen molar-refractivity contribution in [3.63, 3.8) is 0 Å². The van der Waals surface area contributed by atoms with Crippen molar-refractivity contribution in [3.05, 3.63) is 45.4 Å². The highest BCUT2D eigenvalue weighted by molar-refractivity contribution is 7.09. The Kier molecular flexibility index (Phi) is 4.39. The van der Waals surface area contributed by atoms with Crippen molar-refractivity contribution in [1.29, 1.82) is 0 Å². The van der Waals surface area contributed by atoms with E-state index in [1.807, 2.05) is 44.5 Å². The lowest BCUT2D eigenvalue weighted by Gasteiger charge is -2.18. The van der Waals surface area contributed by atoms with Crippen LogP contribution in [0.2, 0.25) is 0 Å². The second kappa shape index (κ2) is 6.05. The molecule has 1 heterocycles. The van der Waals surface area contributed by atoms with Crippen LogP contribution in [0.5, 0.6) is 0 Å². The largest absolute Gasteiger partial charge is 0.387 e. The first-order valence-electron chi connectivity index (χ1n) is 6.46. The Balaban J connectivity index is 2.18. The van der Waals surface area contributed by atoms with E-state index in [2.05, 4.69) is 10.3 Å². The number of anilines is 1. The number of benzene rings is 1. The van der Waals surface area contributed by atoms with Crippen LogP contribution < -0.4 is 5.32 Å². The molecule has 0 fully saturated rings. The van der Waals surface area contributed by atoms with Crippen LogP contribution in [0.15, 0.2) is 23.6 Å². The van der Waals surface area contributed by atoms with Gasteiger partial charge in [0.25, 0.3) is 5.91 Å². The van der Waals surface area contributed by atoms with Crippen molar-refractivity contribution < 1.29 is 4.79 Å². The molecule has 1 amide bonds.